The number of hydrogen-bond acceptors (Lipinski definition) is 7. The van der Waals surface area contributed by atoms with E-state index in [1.54, 1.807) is 0 Å². The highest BCUT2D eigenvalue weighted by molar-refractivity contribution is 7.80. The van der Waals surface area contributed by atoms with E-state index in [-0.39, 0.29) is 22.1 Å². The summed E-state index contributed by atoms with van der Waals surface area (Å²) in [5, 5.41) is 26.3. The summed E-state index contributed by atoms with van der Waals surface area (Å²) in [6, 6.07) is 6.54. The molecule has 0 bridgehead atoms. The van der Waals surface area contributed by atoms with Crippen LogP contribution < -0.4 is 15.4 Å². The van der Waals surface area contributed by atoms with Crippen molar-refractivity contribution in [3.63, 3.8) is 0 Å². The molecule has 2 N–H and O–H groups in total. The molecule has 0 spiro atoms. The summed E-state index contributed by atoms with van der Waals surface area (Å²) < 4.78 is 18.2. The zero-order chi connectivity index (χ0) is 20.1. The Bertz CT molecular complexity index is 952. The van der Waals surface area contributed by atoms with Crippen LogP contribution in [0, 0.1) is 26.0 Å². The van der Waals surface area contributed by atoms with Crippen molar-refractivity contribution in [1.29, 1.82) is 0 Å². The third-order valence-corrected chi connectivity index (χ3v) is 3.47. The SMILES string of the molecule is COc1ccc(C(=O)NC(=S)Nc2ccc(F)c([N+](=O)[O-])c2)cc1[N+](=O)[O-]. The van der Waals surface area contributed by atoms with Crippen molar-refractivity contribution in [2.45, 2.75) is 0 Å². The van der Waals surface area contributed by atoms with Crippen molar-refractivity contribution in [3.8, 4) is 5.75 Å². The van der Waals surface area contributed by atoms with Crippen molar-refractivity contribution in [1.82, 2.24) is 5.32 Å². The lowest BCUT2D eigenvalue weighted by Gasteiger charge is -2.10. The van der Waals surface area contributed by atoms with E-state index in [0.717, 1.165) is 18.2 Å². The molecule has 2 aromatic rings. The fourth-order valence-electron chi connectivity index (χ4n) is 2.04. The van der Waals surface area contributed by atoms with Crippen LogP contribution in [-0.4, -0.2) is 28.0 Å². The molecular weight excluding hydrogens is 383 g/mol. The average molecular weight is 394 g/mol. The quantitative estimate of drug-likeness (QED) is 0.449. The topological polar surface area (TPSA) is 137 Å². The van der Waals surface area contributed by atoms with Crippen LogP contribution in [0.15, 0.2) is 36.4 Å². The maximum Gasteiger partial charge on any atom is 0.311 e. The first kappa shape index (κ1) is 19.7. The van der Waals surface area contributed by atoms with Gasteiger partial charge < -0.3 is 10.1 Å². The van der Waals surface area contributed by atoms with Gasteiger partial charge in [-0.3, -0.25) is 30.3 Å². The van der Waals surface area contributed by atoms with Crippen LogP contribution in [0.3, 0.4) is 0 Å². The standard InChI is InChI=1S/C15H11FN4O6S/c1-26-13-5-2-8(6-12(13)20(24)25)14(21)18-15(27)17-9-3-4-10(16)11(7-9)19(22)23/h2-7H,1H3,(H2,17,18,21,27). The molecule has 0 unspecified atom stereocenters. The number of thiocarbonyl (C=S) groups is 1. The van der Waals surface area contributed by atoms with E-state index in [1.165, 1.54) is 25.3 Å². The van der Waals surface area contributed by atoms with Gasteiger partial charge >= 0.3 is 11.4 Å². The van der Waals surface area contributed by atoms with E-state index in [2.05, 4.69) is 10.6 Å². The number of ether oxygens (including phenoxy) is 1. The molecule has 27 heavy (non-hydrogen) atoms. The molecule has 10 nitrogen and oxygen atoms in total. The number of amides is 1. The molecule has 0 atom stereocenters. The van der Waals surface area contributed by atoms with E-state index < -0.39 is 32.9 Å². The molecule has 2 aromatic carbocycles. The van der Waals surface area contributed by atoms with Gasteiger partial charge in [-0.05, 0) is 36.5 Å². The van der Waals surface area contributed by atoms with Crippen molar-refractivity contribution >= 4 is 40.3 Å². The number of nitro benzene ring substituents is 2. The monoisotopic (exact) mass is 394 g/mol. The molecule has 0 aliphatic heterocycles. The second kappa shape index (κ2) is 8.14. The number of nitrogens with one attached hydrogen (secondary N) is 2. The number of carbonyl (C=O) groups is 1. The number of methoxy groups -OCH3 is 1. The third-order valence-electron chi connectivity index (χ3n) is 3.27. The first-order valence-electron chi connectivity index (χ1n) is 7.11. The van der Waals surface area contributed by atoms with Crippen LogP contribution in [0.25, 0.3) is 0 Å². The van der Waals surface area contributed by atoms with Crippen LogP contribution in [0.1, 0.15) is 10.4 Å². The molecule has 0 saturated carbocycles. The fraction of sp³-hybridized carbons (Fsp3) is 0.0667. The lowest BCUT2D eigenvalue weighted by molar-refractivity contribution is -0.387. The summed E-state index contributed by atoms with van der Waals surface area (Å²) >= 11 is 4.92. The number of rotatable bonds is 5. The molecule has 2 rings (SSSR count). The Hall–Kier alpha value is -3.67. The van der Waals surface area contributed by atoms with Gasteiger partial charge in [0, 0.05) is 23.4 Å². The van der Waals surface area contributed by atoms with Gasteiger partial charge in [-0.2, -0.15) is 4.39 Å². The van der Waals surface area contributed by atoms with E-state index in [4.69, 9.17) is 17.0 Å². The predicted molar refractivity (Wildman–Crippen MR) is 96.4 cm³/mol. The summed E-state index contributed by atoms with van der Waals surface area (Å²) in [6.45, 7) is 0. The average Bonchev–Trinajstić information content (AvgIpc) is 2.62. The second-order valence-corrected chi connectivity index (χ2v) is 5.38. The molecule has 0 radical (unpaired) electrons. The van der Waals surface area contributed by atoms with Crippen molar-refractivity contribution in [3.05, 3.63) is 68.0 Å². The van der Waals surface area contributed by atoms with E-state index in [9.17, 15) is 29.4 Å². The van der Waals surface area contributed by atoms with Crippen LogP contribution in [-0.2, 0) is 0 Å². The van der Waals surface area contributed by atoms with Crippen LogP contribution in [0.2, 0.25) is 0 Å². The molecule has 1 amide bonds. The summed E-state index contributed by atoms with van der Waals surface area (Å²) in [6.07, 6.45) is 0. The maximum absolute atomic E-state index is 13.3. The molecule has 0 heterocycles. The highest BCUT2D eigenvalue weighted by Gasteiger charge is 2.19. The van der Waals surface area contributed by atoms with Crippen molar-refractivity contribution in [2.24, 2.45) is 0 Å². The number of benzene rings is 2. The molecule has 0 aromatic heterocycles. The van der Waals surface area contributed by atoms with Crippen molar-refractivity contribution in [2.75, 3.05) is 12.4 Å². The number of nitro groups is 2. The Morgan fingerprint density at radius 2 is 1.78 bits per heavy atom. The Labute approximate surface area is 156 Å². The van der Waals surface area contributed by atoms with Gasteiger partial charge in [-0.1, -0.05) is 0 Å². The number of hydrogen-bond donors (Lipinski definition) is 2. The largest absolute Gasteiger partial charge is 0.490 e. The zero-order valence-electron chi connectivity index (χ0n) is 13.6. The van der Waals surface area contributed by atoms with Gasteiger partial charge in [0.1, 0.15) is 0 Å². The first-order valence-corrected chi connectivity index (χ1v) is 7.52. The second-order valence-electron chi connectivity index (χ2n) is 4.98. The molecule has 0 aliphatic rings. The minimum absolute atomic E-state index is 0.0177. The molecule has 0 aliphatic carbocycles. The summed E-state index contributed by atoms with van der Waals surface area (Å²) in [4.78, 5) is 32.3. The van der Waals surface area contributed by atoms with Crippen LogP contribution in [0.4, 0.5) is 21.5 Å². The first-order chi connectivity index (χ1) is 12.7. The van der Waals surface area contributed by atoms with Gasteiger partial charge in [0.15, 0.2) is 10.9 Å². The highest BCUT2D eigenvalue weighted by atomic mass is 32.1. The number of halogens is 1. The minimum Gasteiger partial charge on any atom is -0.490 e. The van der Waals surface area contributed by atoms with E-state index >= 15 is 0 Å². The summed E-state index contributed by atoms with van der Waals surface area (Å²) in [5.74, 6) is -1.79. The highest BCUT2D eigenvalue weighted by Crippen LogP contribution is 2.27. The Morgan fingerprint density at radius 3 is 2.37 bits per heavy atom. The molecule has 0 saturated heterocycles. The lowest BCUT2D eigenvalue weighted by atomic mass is 10.1. The summed E-state index contributed by atoms with van der Waals surface area (Å²) in [7, 11) is 1.25. The third kappa shape index (κ3) is 4.70. The molecular formula is C15H11FN4O6S. The smallest absolute Gasteiger partial charge is 0.311 e. The molecule has 12 heteroatoms. The molecule has 140 valence electrons. The van der Waals surface area contributed by atoms with E-state index in [1.807, 2.05) is 0 Å². The van der Waals surface area contributed by atoms with Gasteiger partial charge in [0.2, 0.25) is 5.82 Å². The van der Waals surface area contributed by atoms with Crippen LogP contribution in [0.5, 0.6) is 5.75 Å². The fourth-order valence-corrected chi connectivity index (χ4v) is 2.25. The normalized spacial score (nSPS) is 10.0. The number of carbonyl (C=O) groups excluding carboxylic acids is 1. The maximum atomic E-state index is 13.3. The zero-order valence-corrected chi connectivity index (χ0v) is 14.4. The van der Waals surface area contributed by atoms with Gasteiger partial charge in [-0.25, -0.2) is 0 Å². The van der Waals surface area contributed by atoms with E-state index in [0.29, 0.717) is 0 Å². The Kier molecular flexibility index (Phi) is 5.92. The van der Waals surface area contributed by atoms with Crippen molar-refractivity contribution < 1.29 is 23.8 Å². The van der Waals surface area contributed by atoms with Gasteiger partial charge in [-0.15, -0.1) is 0 Å². The minimum atomic E-state index is -1.02. The summed E-state index contributed by atoms with van der Waals surface area (Å²) in [5.41, 5.74) is -1.15. The number of anilines is 1. The Balaban J connectivity index is 2.13. The lowest BCUT2D eigenvalue weighted by Crippen LogP contribution is -2.34. The predicted octanol–water partition coefficient (Wildman–Crippen LogP) is 2.78. The van der Waals surface area contributed by atoms with Crippen LogP contribution >= 0.6 is 12.2 Å². The van der Waals surface area contributed by atoms with Gasteiger partial charge in [0.25, 0.3) is 5.91 Å². The number of nitrogens with zero attached hydrogens (tertiary/aromatic N) is 2. The Morgan fingerprint density at radius 1 is 1.11 bits per heavy atom. The molecule has 0 fully saturated rings. The van der Waals surface area contributed by atoms with Gasteiger partial charge in [0.05, 0.1) is 17.0 Å².